The van der Waals surface area contributed by atoms with E-state index in [9.17, 15) is 9.59 Å². The van der Waals surface area contributed by atoms with E-state index in [4.69, 9.17) is 5.73 Å². The van der Waals surface area contributed by atoms with Crippen molar-refractivity contribution in [3.63, 3.8) is 0 Å². The second kappa shape index (κ2) is 9.09. The molecule has 0 aliphatic carbocycles. The summed E-state index contributed by atoms with van der Waals surface area (Å²) < 4.78 is 0. The number of hydrogen-bond acceptors (Lipinski definition) is 4. The monoisotopic (exact) mass is 410 g/mol. The quantitative estimate of drug-likeness (QED) is 0.451. The second-order valence-electron chi connectivity index (χ2n) is 7.14. The van der Waals surface area contributed by atoms with Crippen LogP contribution in [0.4, 0.5) is 5.82 Å². The lowest BCUT2D eigenvalue weighted by atomic mass is 10.0. The standard InChI is InChI=1S/C25H22N4O2/c26-23-21-15-20(12-11-17(21)13-14-27-23)25(31)29-22(18-7-3-1-4-8-18)16-28-24(30)19-9-5-2-6-10-19/h1-15,22H,16H2,(H2,26,27)(H,28,30)(H,29,31)/t22-/m0/s1. The van der Waals surface area contributed by atoms with Gasteiger partial charge in [0.05, 0.1) is 6.04 Å². The molecule has 3 aromatic carbocycles. The molecule has 4 N–H and O–H groups in total. The number of carbonyl (C=O) groups excluding carboxylic acids is 2. The lowest BCUT2D eigenvalue weighted by molar-refractivity contribution is 0.0908. The Kier molecular flexibility index (Phi) is 5.89. The molecule has 0 fully saturated rings. The molecule has 4 rings (SSSR count). The first-order valence-corrected chi connectivity index (χ1v) is 9.95. The highest BCUT2D eigenvalue weighted by Gasteiger charge is 2.18. The fraction of sp³-hybridized carbons (Fsp3) is 0.0800. The van der Waals surface area contributed by atoms with Gasteiger partial charge in [-0.25, -0.2) is 4.98 Å². The molecule has 0 aliphatic rings. The molecule has 1 aromatic heterocycles. The highest BCUT2D eigenvalue weighted by atomic mass is 16.2. The van der Waals surface area contributed by atoms with E-state index in [-0.39, 0.29) is 18.4 Å². The van der Waals surface area contributed by atoms with Gasteiger partial charge >= 0.3 is 0 Å². The minimum atomic E-state index is -0.400. The molecular formula is C25H22N4O2. The number of amides is 2. The number of nitrogens with two attached hydrogens (primary N) is 1. The summed E-state index contributed by atoms with van der Waals surface area (Å²) in [6.45, 7) is 0.251. The number of anilines is 1. The number of nitrogens with zero attached hydrogens (tertiary/aromatic N) is 1. The minimum Gasteiger partial charge on any atom is -0.383 e. The smallest absolute Gasteiger partial charge is 0.251 e. The van der Waals surface area contributed by atoms with Crippen molar-refractivity contribution in [1.29, 1.82) is 0 Å². The van der Waals surface area contributed by atoms with Crippen LogP contribution in [-0.4, -0.2) is 23.3 Å². The van der Waals surface area contributed by atoms with Crippen molar-refractivity contribution in [2.45, 2.75) is 6.04 Å². The first-order chi connectivity index (χ1) is 15.1. The Labute approximate surface area is 180 Å². The van der Waals surface area contributed by atoms with Crippen LogP contribution >= 0.6 is 0 Å². The van der Waals surface area contributed by atoms with Crippen LogP contribution in [-0.2, 0) is 0 Å². The van der Waals surface area contributed by atoms with Gasteiger partial charge in [0.15, 0.2) is 0 Å². The Bertz CT molecular complexity index is 1210. The molecule has 6 heteroatoms. The summed E-state index contributed by atoms with van der Waals surface area (Å²) in [4.78, 5) is 29.6. The number of aromatic nitrogens is 1. The molecular weight excluding hydrogens is 388 g/mol. The van der Waals surface area contributed by atoms with E-state index in [0.717, 1.165) is 16.3 Å². The number of nitrogens with one attached hydrogen (secondary N) is 2. The van der Waals surface area contributed by atoms with Gasteiger partial charge < -0.3 is 16.4 Å². The van der Waals surface area contributed by atoms with Crippen LogP contribution in [0.1, 0.15) is 32.3 Å². The van der Waals surface area contributed by atoms with Crippen molar-refractivity contribution in [2.75, 3.05) is 12.3 Å². The van der Waals surface area contributed by atoms with Crippen LogP contribution in [0, 0.1) is 0 Å². The molecule has 0 bridgehead atoms. The second-order valence-corrected chi connectivity index (χ2v) is 7.14. The van der Waals surface area contributed by atoms with Gasteiger partial charge in [-0.05, 0) is 41.3 Å². The molecule has 0 saturated carbocycles. The zero-order valence-electron chi connectivity index (χ0n) is 16.8. The molecule has 31 heavy (non-hydrogen) atoms. The highest BCUT2D eigenvalue weighted by Crippen LogP contribution is 2.21. The number of benzene rings is 3. The number of pyridine rings is 1. The average Bonchev–Trinajstić information content (AvgIpc) is 2.82. The first-order valence-electron chi connectivity index (χ1n) is 9.95. The van der Waals surface area contributed by atoms with Gasteiger partial charge in [-0.15, -0.1) is 0 Å². The molecule has 1 atom stereocenters. The Morgan fingerprint density at radius 3 is 2.29 bits per heavy atom. The van der Waals surface area contributed by atoms with E-state index in [1.807, 2.05) is 60.7 Å². The molecule has 1 heterocycles. The molecule has 6 nitrogen and oxygen atoms in total. The van der Waals surface area contributed by atoms with Crippen LogP contribution in [0.3, 0.4) is 0 Å². The van der Waals surface area contributed by atoms with Gasteiger partial charge in [0.2, 0.25) is 0 Å². The fourth-order valence-electron chi connectivity index (χ4n) is 3.40. The molecule has 4 aromatic rings. The number of carbonyl (C=O) groups is 2. The van der Waals surface area contributed by atoms with E-state index in [0.29, 0.717) is 16.9 Å². The summed E-state index contributed by atoms with van der Waals surface area (Å²) in [6, 6.07) is 25.3. The van der Waals surface area contributed by atoms with Gasteiger partial charge in [-0.3, -0.25) is 9.59 Å². The summed E-state index contributed by atoms with van der Waals surface area (Å²) in [6.07, 6.45) is 1.64. The van der Waals surface area contributed by atoms with Gasteiger partial charge in [-0.1, -0.05) is 54.6 Å². The fourth-order valence-corrected chi connectivity index (χ4v) is 3.40. The van der Waals surface area contributed by atoms with E-state index in [2.05, 4.69) is 15.6 Å². The maximum Gasteiger partial charge on any atom is 0.251 e. The van der Waals surface area contributed by atoms with E-state index >= 15 is 0 Å². The third-order valence-corrected chi connectivity index (χ3v) is 5.07. The minimum absolute atomic E-state index is 0.194. The summed E-state index contributed by atoms with van der Waals surface area (Å²) in [7, 11) is 0. The SMILES string of the molecule is Nc1nccc2ccc(C(=O)N[C@@H](CNC(=O)c3ccccc3)c3ccccc3)cc12. The normalized spacial score (nSPS) is 11.6. The van der Waals surface area contributed by atoms with Crippen molar-refractivity contribution < 1.29 is 9.59 Å². The first kappa shape index (κ1) is 20.1. The van der Waals surface area contributed by atoms with Crippen molar-refractivity contribution in [1.82, 2.24) is 15.6 Å². The number of nitrogen functional groups attached to an aromatic ring is 1. The summed E-state index contributed by atoms with van der Waals surface area (Å²) in [5.74, 6) is -0.0739. The van der Waals surface area contributed by atoms with Crippen molar-refractivity contribution in [3.05, 3.63) is 108 Å². The lowest BCUT2D eigenvalue weighted by Crippen LogP contribution is -2.38. The van der Waals surface area contributed by atoms with Crippen LogP contribution in [0.5, 0.6) is 0 Å². The Hall–Kier alpha value is -4.19. The summed E-state index contributed by atoms with van der Waals surface area (Å²) in [5.41, 5.74) is 7.90. The molecule has 0 unspecified atom stereocenters. The molecule has 0 aliphatic heterocycles. The largest absolute Gasteiger partial charge is 0.383 e. The topological polar surface area (TPSA) is 97.1 Å². The summed E-state index contributed by atoms with van der Waals surface area (Å²) in [5, 5.41) is 7.58. The van der Waals surface area contributed by atoms with E-state index < -0.39 is 6.04 Å². The third kappa shape index (κ3) is 4.70. The number of fused-ring (bicyclic) bond motifs is 1. The Balaban J connectivity index is 1.54. The highest BCUT2D eigenvalue weighted by molar-refractivity contribution is 6.01. The molecule has 0 radical (unpaired) electrons. The van der Waals surface area contributed by atoms with Crippen LogP contribution in [0.15, 0.2) is 91.1 Å². The maximum atomic E-state index is 13.0. The molecule has 0 saturated heterocycles. The lowest BCUT2D eigenvalue weighted by Gasteiger charge is -2.20. The van der Waals surface area contributed by atoms with E-state index in [1.54, 1.807) is 30.5 Å². The van der Waals surface area contributed by atoms with Crippen molar-refractivity contribution in [2.24, 2.45) is 0 Å². The zero-order chi connectivity index (χ0) is 21.6. The average molecular weight is 410 g/mol. The molecule has 0 spiro atoms. The van der Waals surface area contributed by atoms with Crippen LogP contribution in [0.2, 0.25) is 0 Å². The summed E-state index contributed by atoms with van der Waals surface area (Å²) >= 11 is 0. The van der Waals surface area contributed by atoms with Crippen LogP contribution in [0.25, 0.3) is 10.8 Å². The Morgan fingerprint density at radius 2 is 1.55 bits per heavy atom. The van der Waals surface area contributed by atoms with Gasteiger partial charge in [-0.2, -0.15) is 0 Å². The van der Waals surface area contributed by atoms with Crippen molar-refractivity contribution >= 4 is 28.4 Å². The van der Waals surface area contributed by atoms with Crippen molar-refractivity contribution in [3.8, 4) is 0 Å². The number of rotatable bonds is 6. The number of hydrogen-bond donors (Lipinski definition) is 3. The van der Waals surface area contributed by atoms with E-state index in [1.165, 1.54) is 0 Å². The predicted octanol–water partition coefficient (Wildman–Crippen LogP) is 3.72. The molecule has 154 valence electrons. The predicted molar refractivity (Wildman–Crippen MR) is 122 cm³/mol. The van der Waals surface area contributed by atoms with Gasteiger partial charge in [0.25, 0.3) is 11.8 Å². The zero-order valence-corrected chi connectivity index (χ0v) is 16.8. The molecule has 2 amide bonds. The van der Waals surface area contributed by atoms with Gasteiger partial charge in [0, 0.05) is 29.3 Å². The van der Waals surface area contributed by atoms with Crippen LogP contribution < -0.4 is 16.4 Å². The third-order valence-electron chi connectivity index (χ3n) is 5.07. The maximum absolute atomic E-state index is 13.0. The Morgan fingerprint density at radius 1 is 0.839 bits per heavy atom. The van der Waals surface area contributed by atoms with Gasteiger partial charge in [0.1, 0.15) is 5.82 Å².